The fourth-order valence-corrected chi connectivity index (χ4v) is 2.33. The molecular weight excluding hydrogens is 210 g/mol. The average Bonchev–Trinajstić information content (AvgIpc) is 2.10. The molecule has 0 aromatic rings. The largest absolute Gasteiger partial charge is 0.313 e. The van der Waals surface area contributed by atoms with E-state index in [1.54, 1.807) is 0 Å². The van der Waals surface area contributed by atoms with Crippen LogP contribution in [0.1, 0.15) is 47.0 Å². The van der Waals surface area contributed by atoms with Crippen LogP contribution in [0.2, 0.25) is 0 Å². The summed E-state index contributed by atoms with van der Waals surface area (Å²) in [6.45, 7) is 8.57. The first kappa shape index (κ1) is 14.9. The molecule has 0 spiro atoms. The summed E-state index contributed by atoms with van der Waals surface area (Å²) in [5.74, 6) is 0. The minimum Gasteiger partial charge on any atom is -0.313 e. The maximum Gasteiger partial charge on any atom is 0.154 e. The first-order valence-electron chi connectivity index (χ1n) is 5.70. The normalized spacial score (nSPS) is 15.3. The van der Waals surface area contributed by atoms with Gasteiger partial charge in [0, 0.05) is 12.3 Å². The number of sulfone groups is 1. The highest BCUT2D eigenvalue weighted by molar-refractivity contribution is 7.92. The summed E-state index contributed by atoms with van der Waals surface area (Å²) in [4.78, 5) is 0. The molecule has 3 nitrogen and oxygen atoms in total. The summed E-state index contributed by atoms with van der Waals surface area (Å²) in [5.41, 5.74) is 0. The van der Waals surface area contributed by atoms with E-state index in [-0.39, 0.29) is 6.04 Å². The molecule has 1 N–H and O–H groups in total. The molecule has 0 saturated carbocycles. The Morgan fingerprint density at radius 3 is 2.13 bits per heavy atom. The number of unbranched alkanes of at least 4 members (excludes halogenated alkanes) is 1. The first-order valence-corrected chi connectivity index (χ1v) is 7.59. The summed E-state index contributed by atoms with van der Waals surface area (Å²) in [6, 6.07) is 0.0532. The van der Waals surface area contributed by atoms with Gasteiger partial charge in [-0.3, -0.25) is 0 Å². The van der Waals surface area contributed by atoms with Crippen molar-refractivity contribution in [2.45, 2.75) is 57.7 Å². The summed E-state index contributed by atoms with van der Waals surface area (Å²) in [6.07, 6.45) is 4.41. The van der Waals surface area contributed by atoms with Crippen LogP contribution in [0.25, 0.3) is 0 Å². The van der Waals surface area contributed by atoms with Crippen molar-refractivity contribution in [1.29, 1.82) is 0 Å². The van der Waals surface area contributed by atoms with Gasteiger partial charge in [-0.05, 0) is 26.8 Å². The summed E-state index contributed by atoms with van der Waals surface area (Å²) in [7, 11) is -3.02. The highest BCUT2D eigenvalue weighted by atomic mass is 32.2. The average molecular weight is 235 g/mol. The number of hydrogen-bond acceptors (Lipinski definition) is 3. The second-order valence-electron chi connectivity index (χ2n) is 4.63. The predicted molar refractivity (Wildman–Crippen MR) is 65.9 cm³/mol. The van der Waals surface area contributed by atoms with Gasteiger partial charge in [-0.2, -0.15) is 0 Å². The van der Waals surface area contributed by atoms with E-state index >= 15 is 0 Å². The van der Waals surface area contributed by atoms with Crippen molar-refractivity contribution in [2.75, 3.05) is 12.8 Å². The monoisotopic (exact) mass is 235 g/mol. The molecule has 0 radical (unpaired) electrons. The molecule has 0 aliphatic carbocycles. The molecule has 4 heteroatoms. The fraction of sp³-hybridized carbons (Fsp3) is 1.00. The fourth-order valence-electron chi connectivity index (χ4n) is 1.61. The zero-order valence-electron chi connectivity index (χ0n) is 10.6. The molecule has 0 saturated heterocycles. The van der Waals surface area contributed by atoms with E-state index in [1.165, 1.54) is 6.26 Å². The molecule has 0 aliphatic heterocycles. The molecule has 92 valence electrons. The Hall–Kier alpha value is -0.0900. The molecule has 1 unspecified atom stereocenters. The third-order valence-electron chi connectivity index (χ3n) is 3.09. The molecule has 0 rings (SSSR count). The quantitative estimate of drug-likeness (QED) is 0.734. The van der Waals surface area contributed by atoms with Gasteiger partial charge in [0.2, 0.25) is 0 Å². The van der Waals surface area contributed by atoms with Gasteiger partial charge in [0.15, 0.2) is 9.84 Å². The van der Waals surface area contributed by atoms with Crippen molar-refractivity contribution in [1.82, 2.24) is 5.32 Å². The van der Waals surface area contributed by atoms with Gasteiger partial charge in [0.25, 0.3) is 0 Å². The van der Waals surface area contributed by atoms with Gasteiger partial charge in [0.05, 0.1) is 4.75 Å². The van der Waals surface area contributed by atoms with Gasteiger partial charge < -0.3 is 5.32 Å². The van der Waals surface area contributed by atoms with Crippen LogP contribution in [0.15, 0.2) is 0 Å². The van der Waals surface area contributed by atoms with E-state index in [2.05, 4.69) is 12.2 Å². The minimum atomic E-state index is -3.02. The molecule has 0 aromatic heterocycles. The van der Waals surface area contributed by atoms with Gasteiger partial charge in [-0.1, -0.05) is 26.7 Å². The Kier molecular flexibility index (Phi) is 5.81. The Bertz CT molecular complexity index is 270. The zero-order chi connectivity index (χ0) is 12.1. The molecule has 0 fully saturated rings. The minimum absolute atomic E-state index is 0.0532. The van der Waals surface area contributed by atoms with Gasteiger partial charge in [-0.15, -0.1) is 0 Å². The van der Waals surface area contributed by atoms with Gasteiger partial charge >= 0.3 is 0 Å². The van der Waals surface area contributed by atoms with E-state index in [1.807, 2.05) is 20.8 Å². The summed E-state index contributed by atoms with van der Waals surface area (Å²) in [5, 5.41) is 3.29. The van der Waals surface area contributed by atoms with Crippen LogP contribution in [0.4, 0.5) is 0 Å². The van der Waals surface area contributed by atoms with Crippen LogP contribution >= 0.6 is 0 Å². The lowest BCUT2D eigenvalue weighted by molar-refractivity contribution is 0.386. The Labute approximate surface area is 94.6 Å². The van der Waals surface area contributed by atoms with Crippen LogP contribution in [-0.4, -0.2) is 32.0 Å². The van der Waals surface area contributed by atoms with Crippen molar-refractivity contribution < 1.29 is 8.42 Å². The highest BCUT2D eigenvalue weighted by Gasteiger charge is 2.37. The molecule has 15 heavy (non-hydrogen) atoms. The Morgan fingerprint density at radius 2 is 1.80 bits per heavy atom. The van der Waals surface area contributed by atoms with Crippen LogP contribution in [0.3, 0.4) is 0 Å². The second-order valence-corrected chi connectivity index (χ2v) is 7.22. The van der Waals surface area contributed by atoms with Crippen molar-refractivity contribution in [3.63, 3.8) is 0 Å². The Morgan fingerprint density at radius 1 is 1.27 bits per heavy atom. The van der Waals surface area contributed by atoms with E-state index in [9.17, 15) is 8.42 Å². The highest BCUT2D eigenvalue weighted by Crippen LogP contribution is 2.23. The Balaban J connectivity index is 4.73. The van der Waals surface area contributed by atoms with Crippen LogP contribution in [0.5, 0.6) is 0 Å². The van der Waals surface area contributed by atoms with Crippen molar-refractivity contribution in [2.24, 2.45) is 0 Å². The van der Waals surface area contributed by atoms with Gasteiger partial charge in [0.1, 0.15) is 0 Å². The maximum absolute atomic E-state index is 11.7. The van der Waals surface area contributed by atoms with Crippen LogP contribution in [-0.2, 0) is 9.84 Å². The maximum atomic E-state index is 11.7. The molecule has 0 aliphatic rings. The standard InChI is InChI=1S/C11H25NO2S/c1-6-8-9-10(12-7-2)11(3,4)15(5,13)14/h10,12H,6-9H2,1-5H3. The third kappa shape index (κ3) is 4.11. The summed E-state index contributed by atoms with van der Waals surface area (Å²) >= 11 is 0. The lowest BCUT2D eigenvalue weighted by Gasteiger charge is -2.33. The van der Waals surface area contributed by atoms with E-state index in [4.69, 9.17) is 0 Å². The first-order chi connectivity index (χ1) is 6.77. The molecule has 1 atom stereocenters. The van der Waals surface area contributed by atoms with Crippen LogP contribution in [0, 0.1) is 0 Å². The van der Waals surface area contributed by atoms with Crippen molar-refractivity contribution in [3.05, 3.63) is 0 Å². The lowest BCUT2D eigenvalue weighted by Crippen LogP contribution is -2.51. The van der Waals surface area contributed by atoms with Crippen LogP contribution < -0.4 is 5.32 Å². The summed E-state index contributed by atoms with van der Waals surface area (Å²) < 4.78 is 22.7. The molecule has 0 amide bonds. The van der Waals surface area contributed by atoms with Gasteiger partial charge in [-0.25, -0.2) is 8.42 Å². The van der Waals surface area contributed by atoms with E-state index < -0.39 is 14.6 Å². The third-order valence-corrected chi connectivity index (χ3v) is 5.29. The van der Waals surface area contributed by atoms with E-state index in [0.29, 0.717) is 0 Å². The van der Waals surface area contributed by atoms with E-state index in [0.717, 1.165) is 25.8 Å². The smallest absolute Gasteiger partial charge is 0.154 e. The topological polar surface area (TPSA) is 46.2 Å². The molecule has 0 bridgehead atoms. The molecule has 0 aromatic carbocycles. The molecule has 0 heterocycles. The van der Waals surface area contributed by atoms with Crippen molar-refractivity contribution in [3.8, 4) is 0 Å². The number of hydrogen-bond donors (Lipinski definition) is 1. The SMILES string of the molecule is CCCCC(NCC)C(C)(C)S(C)(=O)=O. The van der Waals surface area contributed by atoms with Crippen molar-refractivity contribution >= 4 is 9.84 Å². The number of nitrogens with one attached hydrogen (secondary N) is 1. The second kappa shape index (κ2) is 5.85. The predicted octanol–water partition coefficient (Wildman–Crippen LogP) is 1.98. The molecular formula is C11H25NO2S. The zero-order valence-corrected chi connectivity index (χ0v) is 11.4. The lowest BCUT2D eigenvalue weighted by atomic mass is 9.97. The number of rotatable bonds is 7.